The maximum Gasteiger partial charge on any atom is 0.278 e. The number of ether oxygens (including phenoxy) is 1. The molecule has 0 saturated heterocycles. The van der Waals surface area contributed by atoms with E-state index in [1.807, 2.05) is 6.07 Å². The molecule has 3 heterocycles. The zero-order chi connectivity index (χ0) is 23.8. The number of nitrogens with zero attached hydrogens (tertiary/aromatic N) is 5. The number of halogens is 4. The molecule has 7 nitrogen and oxygen atoms in total. The summed E-state index contributed by atoms with van der Waals surface area (Å²) in [6.45, 7) is 0.207. The molecule has 1 aliphatic heterocycles. The van der Waals surface area contributed by atoms with E-state index in [1.165, 1.54) is 33.8 Å². The summed E-state index contributed by atoms with van der Waals surface area (Å²) in [5.74, 6) is -3.84. The molecule has 0 unspecified atom stereocenters. The van der Waals surface area contributed by atoms with Gasteiger partial charge in [0, 0.05) is 38.2 Å². The molecule has 0 saturated carbocycles. The maximum atomic E-state index is 13.3. The van der Waals surface area contributed by atoms with Gasteiger partial charge in [0.15, 0.2) is 12.4 Å². The van der Waals surface area contributed by atoms with Gasteiger partial charge in [-0.25, -0.2) is 22.8 Å². The third-order valence-electron chi connectivity index (χ3n) is 5.01. The number of carbonyl (C=O) groups excluding carboxylic acids is 1. The van der Waals surface area contributed by atoms with Crippen LogP contribution in [0.1, 0.15) is 34.1 Å². The van der Waals surface area contributed by atoms with Crippen LogP contribution in [-0.2, 0) is 13.0 Å². The lowest BCUT2D eigenvalue weighted by Crippen LogP contribution is -2.36. The van der Waals surface area contributed by atoms with E-state index in [4.69, 9.17) is 16.3 Å². The van der Waals surface area contributed by atoms with Crippen molar-refractivity contribution in [3.8, 4) is 17.6 Å². The lowest BCUT2D eigenvalue weighted by Gasteiger charge is -2.27. The van der Waals surface area contributed by atoms with Gasteiger partial charge in [-0.1, -0.05) is 11.6 Å². The number of carbonyl (C=O) groups is 1. The van der Waals surface area contributed by atoms with Crippen molar-refractivity contribution in [1.29, 1.82) is 5.26 Å². The zero-order valence-corrected chi connectivity index (χ0v) is 18.1. The predicted molar refractivity (Wildman–Crippen MR) is 112 cm³/mol. The smallest absolute Gasteiger partial charge is 0.278 e. The Kier molecular flexibility index (Phi) is 5.99. The molecule has 0 spiro atoms. The molecule has 170 valence electrons. The zero-order valence-electron chi connectivity index (χ0n) is 17.4. The molecule has 0 fully saturated rings. The first-order chi connectivity index (χ1) is 15.7. The molecule has 1 amide bonds. The average molecular weight is 476 g/mol. The van der Waals surface area contributed by atoms with Gasteiger partial charge in [0.05, 0.1) is 22.5 Å². The van der Waals surface area contributed by atoms with Crippen LogP contribution in [0.3, 0.4) is 0 Å². The summed E-state index contributed by atoms with van der Waals surface area (Å²) in [6, 6.07) is 7.24. The van der Waals surface area contributed by atoms with Gasteiger partial charge in [-0.15, -0.1) is 0 Å². The fraction of sp³-hybridized carbons (Fsp3) is 0.273. The summed E-state index contributed by atoms with van der Waals surface area (Å²) in [5.41, 5.74) is 1.39. The van der Waals surface area contributed by atoms with Crippen LogP contribution >= 0.6 is 11.6 Å². The Morgan fingerprint density at radius 3 is 2.79 bits per heavy atom. The topological polar surface area (TPSA) is 84.0 Å². The van der Waals surface area contributed by atoms with E-state index in [1.54, 1.807) is 6.20 Å². The molecule has 11 heteroatoms. The molecule has 0 bridgehead atoms. The predicted octanol–water partition coefficient (Wildman–Crippen LogP) is 4.16. The van der Waals surface area contributed by atoms with Crippen molar-refractivity contribution in [1.82, 2.24) is 19.7 Å². The molecule has 0 atom stereocenters. The lowest BCUT2D eigenvalue weighted by molar-refractivity contribution is -0.0232. The SMILES string of the molecule is CC(F)(F)COc1ccc(C#N)c(Cl)c1C(=O)N1CCc2nn(-c3ccc(F)cn3)cc2C1. The molecular formula is C22H17ClF3N5O2. The summed E-state index contributed by atoms with van der Waals surface area (Å²) in [5, 5.41) is 13.6. The van der Waals surface area contributed by atoms with Gasteiger partial charge >= 0.3 is 0 Å². The highest BCUT2D eigenvalue weighted by molar-refractivity contribution is 6.35. The highest BCUT2D eigenvalue weighted by Gasteiger charge is 2.30. The maximum absolute atomic E-state index is 13.3. The van der Waals surface area contributed by atoms with Crippen molar-refractivity contribution in [2.75, 3.05) is 13.2 Å². The Balaban J connectivity index is 1.62. The van der Waals surface area contributed by atoms with Crippen molar-refractivity contribution in [3.05, 3.63) is 69.9 Å². The van der Waals surface area contributed by atoms with Crippen LogP contribution in [0.5, 0.6) is 5.75 Å². The third kappa shape index (κ3) is 4.78. The van der Waals surface area contributed by atoms with Crippen molar-refractivity contribution >= 4 is 17.5 Å². The van der Waals surface area contributed by atoms with Crippen LogP contribution in [0.15, 0.2) is 36.7 Å². The van der Waals surface area contributed by atoms with E-state index in [0.29, 0.717) is 19.2 Å². The Labute approximate surface area is 192 Å². The third-order valence-corrected chi connectivity index (χ3v) is 5.40. The number of hydrogen-bond acceptors (Lipinski definition) is 5. The Bertz CT molecular complexity index is 1250. The van der Waals surface area contributed by atoms with Crippen LogP contribution in [0.25, 0.3) is 5.82 Å². The summed E-state index contributed by atoms with van der Waals surface area (Å²) in [4.78, 5) is 18.8. The summed E-state index contributed by atoms with van der Waals surface area (Å²) in [7, 11) is 0. The van der Waals surface area contributed by atoms with Crippen LogP contribution in [0.4, 0.5) is 13.2 Å². The number of rotatable bonds is 5. The second kappa shape index (κ2) is 8.75. The molecule has 1 aromatic carbocycles. The van der Waals surface area contributed by atoms with Crippen LogP contribution in [0, 0.1) is 17.1 Å². The number of aromatic nitrogens is 3. The highest BCUT2D eigenvalue weighted by Crippen LogP contribution is 2.33. The average Bonchev–Trinajstić information content (AvgIpc) is 3.20. The first kappa shape index (κ1) is 22.6. The lowest BCUT2D eigenvalue weighted by atomic mass is 10.0. The number of pyridine rings is 1. The molecule has 3 aromatic rings. The van der Waals surface area contributed by atoms with Crippen molar-refractivity contribution in [2.45, 2.75) is 25.8 Å². The van der Waals surface area contributed by atoms with Gasteiger partial charge in [0.25, 0.3) is 11.8 Å². The quantitative estimate of drug-likeness (QED) is 0.553. The minimum absolute atomic E-state index is 0.0310. The monoisotopic (exact) mass is 475 g/mol. The Hall–Kier alpha value is -3.58. The van der Waals surface area contributed by atoms with Crippen molar-refractivity contribution in [2.24, 2.45) is 0 Å². The molecule has 0 aliphatic carbocycles. The number of alkyl halides is 2. The van der Waals surface area contributed by atoms with Crippen LogP contribution in [0.2, 0.25) is 5.02 Å². The fourth-order valence-corrected chi connectivity index (χ4v) is 3.71. The molecule has 2 aromatic heterocycles. The van der Waals surface area contributed by atoms with Crippen LogP contribution < -0.4 is 4.74 Å². The Morgan fingerprint density at radius 1 is 1.33 bits per heavy atom. The van der Waals surface area contributed by atoms with Gasteiger partial charge in [-0.3, -0.25) is 4.79 Å². The first-order valence-electron chi connectivity index (χ1n) is 9.88. The molecule has 0 radical (unpaired) electrons. The number of hydrogen-bond donors (Lipinski definition) is 0. The van der Waals surface area contributed by atoms with E-state index in [0.717, 1.165) is 17.5 Å². The highest BCUT2D eigenvalue weighted by atomic mass is 35.5. The minimum Gasteiger partial charge on any atom is -0.486 e. The van der Waals surface area contributed by atoms with E-state index in [-0.39, 0.29) is 35.0 Å². The van der Waals surface area contributed by atoms with Gasteiger partial charge in [0.2, 0.25) is 0 Å². The summed E-state index contributed by atoms with van der Waals surface area (Å²) < 4.78 is 46.5. The second-order valence-electron chi connectivity index (χ2n) is 7.63. The molecule has 33 heavy (non-hydrogen) atoms. The number of fused-ring (bicyclic) bond motifs is 1. The number of benzene rings is 1. The van der Waals surface area contributed by atoms with Crippen molar-refractivity contribution < 1.29 is 22.7 Å². The van der Waals surface area contributed by atoms with E-state index in [9.17, 15) is 23.2 Å². The standard InChI is InChI=1S/C22H17ClF3N5O2/c1-22(25,26)12-33-17-4-2-13(8-27)20(23)19(17)21(32)30-7-6-16-14(10-30)11-31(29-16)18-5-3-15(24)9-28-18/h2-5,9,11H,6-7,10,12H2,1H3. The van der Waals surface area contributed by atoms with Crippen molar-refractivity contribution in [3.63, 3.8) is 0 Å². The summed E-state index contributed by atoms with van der Waals surface area (Å²) >= 11 is 6.28. The van der Waals surface area contributed by atoms with E-state index < -0.39 is 24.3 Å². The first-order valence-corrected chi connectivity index (χ1v) is 10.3. The molecule has 0 N–H and O–H groups in total. The van der Waals surface area contributed by atoms with Gasteiger partial charge in [-0.05, 0) is 24.3 Å². The largest absolute Gasteiger partial charge is 0.486 e. The second-order valence-corrected chi connectivity index (χ2v) is 8.01. The van der Waals surface area contributed by atoms with Gasteiger partial charge in [-0.2, -0.15) is 10.4 Å². The number of amides is 1. The molecular weight excluding hydrogens is 459 g/mol. The van der Waals surface area contributed by atoms with Gasteiger partial charge in [0.1, 0.15) is 23.2 Å². The van der Waals surface area contributed by atoms with Gasteiger partial charge < -0.3 is 9.64 Å². The molecule has 1 aliphatic rings. The fourth-order valence-electron chi connectivity index (χ4n) is 3.43. The van der Waals surface area contributed by atoms with E-state index >= 15 is 0 Å². The number of nitriles is 1. The van der Waals surface area contributed by atoms with E-state index in [2.05, 4.69) is 10.1 Å². The Morgan fingerprint density at radius 2 is 2.12 bits per heavy atom. The minimum atomic E-state index is -3.12. The summed E-state index contributed by atoms with van der Waals surface area (Å²) in [6.07, 6.45) is 3.20. The van der Waals surface area contributed by atoms with Crippen LogP contribution in [-0.4, -0.2) is 44.6 Å². The molecule has 4 rings (SSSR count). The normalized spacial score (nSPS) is 13.4.